The average molecular weight is 252 g/mol. The van der Waals surface area contributed by atoms with Crippen LogP contribution in [0.25, 0.3) is 0 Å². The molecule has 1 aliphatic rings. The number of amides is 2. The predicted octanol–water partition coefficient (Wildman–Crippen LogP) is -0.431. The van der Waals surface area contributed by atoms with Crippen molar-refractivity contribution in [1.82, 2.24) is 15.1 Å². The Morgan fingerprint density at radius 2 is 2.17 bits per heavy atom. The maximum Gasteiger partial charge on any atom is 0.312 e. The number of nitrogens with one attached hydrogen (secondary N) is 1. The highest BCUT2D eigenvalue weighted by atomic mass is 16.2. The van der Waals surface area contributed by atoms with E-state index in [1.807, 2.05) is 14.0 Å². The van der Waals surface area contributed by atoms with Gasteiger partial charge in [-0.3, -0.25) is 9.59 Å². The lowest BCUT2D eigenvalue weighted by atomic mass is 10.2. The largest absolute Gasteiger partial charge is 0.335 e. The molecule has 18 heavy (non-hydrogen) atoms. The Labute approximate surface area is 108 Å². The number of nitriles is 1. The van der Waals surface area contributed by atoms with E-state index in [0.29, 0.717) is 6.54 Å². The summed E-state index contributed by atoms with van der Waals surface area (Å²) in [4.78, 5) is 27.4. The molecule has 0 bridgehead atoms. The number of nitrogens with zero attached hydrogens (tertiary/aromatic N) is 3. The molecule has 0 aromatic heterocycles. The predicted molar refractivity (Wildman–Crippen MR) is 66.5 cm³/mol. The Kier molecular flexibility index (Phi) is 5.59. The van der Waals surface area contributed by atoms with E-state index in [0.717, 1.165) is 25.9 Å². The van der Waals surface area contributed by atoms with Crippen LogP contribution < -0.4 is 5.32 Å². The molecule has 100 valence electrons. The zero-order valence-electron chi connectivity index (χ0n) is 11.0. The Morgan fingerprint density at radius 1 is 1.44 bits per heavy atom. The van der Waals surface area contributed by atoms with Crippen molar-refractivity contribution < 1.29 is 9.59 Å². The first-order valence-corrected chi connectivity index (χ1v) is 6.24. The van der Waals surface area contributed by atoms with Crippen LogP contribution in [-0.2, 0) is 9.59 Å². The Balaban J connectivity index is 2.69. The molecule has 0 aliphatic carbocycles. The van der Waals surface area contributed by atoms with E-state index in [1.165, 1.54) is 0 Å². The smallest absolute Gasteiger partial charge is 0.312 e. The van der Waals surface area contributed by atoms with Gasteiger partial charge in [0.05, 0.1) is 6.07 Å². The zero-order valence-corrected chi connectivity index (χ0v) is 11.0. The first kappa shape index (κ1) is 14.5. The van der Waals surface area contributed by atoms with Gasteiger partial charge < -0.3 is 15.1 Å². The lowest BCUT2D eigenvalue weighted by Crippen LogP contribution is -2.49. The van der Waals surface area contributed by atoms with Crippen LogP contribution in [0.5, 0.6) is 0 Å². The van der Waals surface area contributed by atoms with Gasteiger partial charge >= 0.3 is 11.8 Å². The molecule has 0 spiro atoms. The molecule has 2 amide bonds. The lowest BCUT2D eigenvalue weighted by Gasteiger charge is -2.29. The highest BCUT2D eigenvalue weighted by Gasteiger charge is 2.29. The molecule has 0 aromatic rings. The lowest BCUT2D eigenvalue weighted by molar-refractivity contribution is -0.147. The summed E-state index contributed by atoms with van der Waals surface area (Å²) in [6, 6.07) is 1.86. The summed E-state index contributed by atoms with van der Waals surface area (Å²) >= 11 is 0. The van der Waals surface area contributed by atoms with Crippen molar-refractivity contribution >= 4 is 11.8 Å². The number of rotatable bonds is 2. The number of hydrogen-bond donors (Lipinski definition) is 1. The monoisotopic (exact) mass is 252 g/mol. The van der Waals surface area contributed by atoms with Gasteiger partial charge in [-0.05, 0) is 26.4 Å². The second kappa shape index (κ2) is 6.97. The topological polar surface area (TPSA) is 76.4 Å². The molecule has 0 aromatic carbocycles. The minimum atomic E-state index is -0.681. The van der Waals surface area contributed by atoms with Gasteiger partial charge in [-0.15, -0.1) is 0 Å². The zero-order chi connectivity index (χ0) is 13.5. The quantitative estimate of drug-likeness (QED) is 0.534. The second-order valence-corrected chi connectivity index (χ2v) is 4.52. The van der Waals surface area contributed by atoms with Crippen LogP contribution in [0.15, 0.2) is 0 Å². The van der Waals surface area contributed by atoms with Crippen molar-refractivity contribution in [2.75, 3.05) is 33.2 Å². The molecule has 0 saturated carbocycles. The van der Waals surface area contributed by atoms with Gasteiger partial charge in [-0.1, -0.05) is 6.92 Å². The summed E-state index contributed by atoms with van der Waals surface area (Å²) in [5.41, 5.74) is 0. The summed E-state index contributed by atoms with van der Waals surface area (Å²) in [6.07, 6.45) is 1.69. The number of hydrogen-bond acceptors (Lipinski definition) is 4. The SMILES string of the molecule is CCC1CN(C)CCCN1C(=O)C(=O)NCC#N. The highest BCUT2D eigenvalue weighted by Crippen LogP contribution is 2.12. The molecule has 1 fully saturated rings. The van der Waals surface area contributed by atoms with Crippen molar-refractivity contribution in [3.63, 3.8) is 0 Å². The molecule has 1 N–H and O–H groups in total. The minimum absolute atomic E-state index is 0.0674. The van der Waals surface area contributed by atoms with Gasteiger partial charge in [0.15, 0.2) is 0 Å². The van der Waals surface area contributed by atoms with Gasteiger partial charge in [0.1, 0.15) is 6.54 Å². The molecule has 1 rings (SSSR count). The van der Waals surface area contributed by atoms with E-state index in [1.54, 1.807) is 11.0 Å². The van der Waals surface area contributed by atoms with E-state index < -0.39 is 11.8 Å². The molecule has 1 heterocycles. The van der Waals surface area contributed by atoms with Crippen molar-refractivity contribution in [3.05, 3.63) is 0 Å². The highest BCUT2D eigenvalue weighted by molar-refractivity contribution is 6.35. The third-order valence-electron chi connectivity index (χ3n) is 3.16. The molecule has 1 aliphatic heterocycles. The Bertz CT molecular complexity index is 350. The summed E-state index contributed by atoms with van der Waals surface area (Å²) in [5, 5.41) is 10.7. The summed E-state index contributed by atoms with van der Waals surface area (Å²) < 4.78 is 0. The fraction of sp³-hybridized carbons (Fsp3) is 0.750. The molecule has 6 nitrogen and oxygen atoms in total. The maximum absolute atomic E-state index is 12.0. The Hall–Kier alpha value is -1.61. The van der Waals surface area contributed by atoms with E-state index in [9.17, 15) is 9.59 Å². The van der Waals surface area contributed by atoms with E-state index in [2.05, 4.69) is 10.2 Å². The third-order valence-corrected chi connectivity index (χ3v) is 3.16. The van der Waals surface area contributed by atoms with Gasteiger partial charge in [-0.2, -0.15) is 5.26 Å². The summed E-state index contributed by atoms with van der Waals surface area (Å²) in [6.45, 7) is 4.20. The van der Waals surface area contributed by atoms with E-state index >= 15 is 0 Å². The maximum atomic E-state index is 12.0. The second-order valence-electron chi connectivity index (χ2n) is 4.52. The number of likely N-dealkylation sites (N-methyl/N-ethyl adjacent to an activating group) is 1. The third kappa shape index (κ3) is 3.70. The van der Waals surface area contributed by atoms with Crippen LogP contribution in [0.1, 0.15) is 19.8 Å². The molecule has 0 radical (unpaired) electrons. The molecule has 1 saturated heterocycles. The van der Waals surface area contributed by atoms with Crippen LogP contribution in [0.2, 0.25) is 0 Å². The van der Waals surface area contributed by atoms with E-state index in [4.69, 9.17) is 5.26 Å². The average Bonchev–Trinajstić information content (AvgIpc) is 2.56. The molecular formula is C12H20N4O2. The number of carbonyl (C=O) groups excluding carboxylic acids is 2. The van der Waals surface area contributed by atoms with Crippen molar-refractivity contribution in [3.8, 4) is 6.07 Å². The summed E-state index contributed by atoms with van der Waals surface area (Å²) in [5.74, 6) is -1.20. The molecular weight excluding hydrogens is 232 g/mol. The van der Waals surface area contributed by atoms with Crippen LogP contribution in [-0.4, -0.2) is 60.9 Å². The molecule has 1 unspecified atom stereocenters. The summed E-state index contributed by atoms with van der Waals surface area (Å²) in [7, 11) is 2.02. The van der Waals surface area contributed by atoms with Gasteiger partial charge in [0, 0.05) is 19.1 Å². The minimum Gasteiger partial charge on any atom is -0.335 e. The number of carbonyl (C=O) groups is 2. The van der Waals surface area contributed by atoms with Gasteiger partial charge in [0.2, 0.25) is 0 Å². The van der Waals surface area contributed by atoms with Crippen molar-refractivity contribution in [1.29, 1.82) is 5.26 Å². The molecule has 6 heteroatoms. The van der Waals surface area contributed by atoms with Crippen molar-refractivity contribution in [2.45, 2.75) is 25.8 Å². The van der Waals surface area contributed by atoms with Crippen LogP contribution in [0.3, 0.4) is 0 Å². The van der Waals surface area contributed by atoms with Crippen LogP contribution >= 0.6 is 0 Å². The first-order valence-electron chi connectivity index (χ1n) is 6.24. The standard InChI is InChI=1S/C12H20N4O2/c1-3-10-9-15(2)7-4-8-16(10)12(18)11(17)14-6-5-13/h10H,3-4,6-9H2,1-2H3,(H,14,17). The van der Waals surface area contributed by atoms with Crippen LogP contribution in [0, 0.1) is 11.3 Å². The van der Waals surface area contributed by atoms with E-state index in [-0.39, 0.29) is 12.6 Å². The Morgan fingerprint density at radius 3 is 2.78 bits per heavy atom. The molecule has 1 atom stereocenters. The van der Waals surface area contributed by atoms with Crippen LogP contribution in [0.4, 0.5) is 0 Å². The van der Waals surface area contributed by atoms with Crippen molar-refractivity contribution in [2.24, 2.45) is 0 Å². The first-order chi connectivity index (χ1) is 8.60. The van der Waals surface area contributed by atoms with Gasteiger partial charge in [0.25, 0.3) is 0 Å². The van der Waals surface area contributed by atoms with Gasteiger partial charge in [-0.25, -0.2) is 0 Å². The normalized spacial score (nSPS) is 20.9. The fourth-order valence-electron chi connectivity index (χ4n) is 2.19. The fourth-order valence-corrected chi connectivity index (χ4v) is 2.19.